The van der Waals surface area contributed by atoms with Crippen molar-refractivity contribution < 1.29 is 0 Å². The maximum atomic E-state index is 6.04. The second-order valence-electron chi connectivity index (χ2n) is 4.20. The number of halogens is 1. The molecule has 1 saturated carbocycles. The summed E-state index contributed by atoms with van der Waals surface area (Å²) in [7, 11) is 2.07. The minimum atomic E-state index is 0.476. The van der Waals surface area contributed by atoms with Crippen molar-refractivity contribution in [3.63, 3.8) is 0 Å². The molecule has 1 heterocycles. The van der Waals surface area contributed by atoms with Crippen LogP contribution in [0.1, 0.15) is 12.8 Å². The van der Waals surface area contributed by atoms with Gasteiger partial charge >= 0.3 is 0 Å². The van der Waals surface area contributed by atoms with Crippen LogP contribution in [0.25, 0.3) is 10.8 Å². The lowest BCUT2D eigenvalue weighted by Gasteiger charge is -2.18. The van der Waals surface area contributed by atoms with E-state index in [1.54, 1.807) is 0 Å². The molecule has 0 atom stereocenters. The SMILES string of the molecule is CN(c1nnc(Cl)c2ccccc12)C1CC1. The van der Waals surface area contributed by atoms with Crippen LogP contribution in [0.5, 0.6) is 0 Å². The van der Waals surface area contributed by atoms with E-state index >= 15 is 0 Å². The molecule has 16 heavy (non-hydrogen) atoms. The molecule has 0 N–H and O–H groups in total. The molecule has 1 aromatic carbocycles. The minimum Gasteiger partial charge on any atom is -0.355 e. The lowest BCUT2D eigenvalue weighted by molar-refractivity contribution is 0.871. The summed E-state index contributed by atoms with van der Waals surface area (Å²) in [6.07, 6.45) is 2.49. The van der Waals surface area contributed by atoms with Crippen LogP contribution in [0.2, 0.25) is 5.15 Å². The fraction of sp³-hybridized carbons (Fsp3) is 0.333. The first-order valence-electron chi connectivity index (χ1n) is 5.41. The summed E-state index contributed by atoms with van der Waals surface area (Å²) in [5.74, 6) is 0.933. The summed E-state index contributed by atoms with van der Waals surface area (Å²) >= 11 is 6.04. The van der Waals surface area contributed by atoms with Gasteiger partial charge in [-0.3, -0.25) is 0 Å². The van der Waals surface area contributed by atoms with Crippen LogP contribution in [-0.4, -0.2) is 23.3 Å². The van der Waals surface area contributed by atoms with Crippen molar-refractivity contribution in [2.24, 2.45) is 0 Å². The maximum Gasteiger partial charge on any atom is 0.159 e. The minimum absolute atomic E-state index is 0.476. The van der Waals surface area contributed by atoms with Gasteiger partial charge in [0.25, 0.3) is 0 Å². The molecule has 1 aliphatic carbocycles. The quantitative estimate of drug-likeness (QED) is 0.799. The second kappa shape index (κ2) is 3.59. The molecule has 0 radical (unpaired) electrons. The molecule has 0 spiro atoms. The van der Waals surface area contributed by atoms with E-state index in [4.69, 9.17) is 11.6 Å². The third-order valence-electron chi connectivity index (χ3n) is 3.05. The molecule has 0 bridgehead atoms. The van der Waals surface area contributed by atoms with Gasteiger partial charge in [0, 0.05) is 23.9 Å². The van der Waals surface area contributed by atoms with Gasteiger partial charge in [0.2, 0.25) is 0 Å². The molecule has 1 aromatic heterocycles. The third kappa shape index (κ3) is 1.52. The van der Waals surface area contributed by atoms with Crippen LogP contribution in [0.15, 0.2) is 24.3 Å². The van der Waals surface area contributed by atoms with Gasteiger partial charge in [-0.1, -0.05) is 35.9 Å². The topological polar surface area (TPSA) is 29.0 Å². The number of nitrogens with zero attached hydrogens (tertiary/aromatic N) is 3. The molecular formula is C12H12ClN3. The third-order valence-corrected chi connectivity index (χ3v) is 3.33. The lowest BCUT2D eigenvalue weighted by atomic mass is 10.2. The molecule has 3 nitrogen and oxygen atoms in total. The van der Waals surface area contributed by atoms with Gasteiger partial charge < -0.3 is 4.90 Å². The summed E-state index contributed by atoms with van der Waals surface area (Å²) in [6, 6.07) is 8.63. The number of benzene rings is 1. The predicted molar refractivity (Wildman–Crippen MR) is 66.0 cm³/mol. The Morgan fingerprint density at radius 2 is 1.88 bits per heavy atom. The van der Waals surface area contributed by atoms with E-state index in [1.165, 1.54) is 12.8 Å². The fourth-order valence-electron chi connectivity index (χ4n) is 1.95. The van der Waals surface area contributed by atoms with Crippen LogP contribution in [0.3, 0.4) is 0 Å². The zero-order valence-electron chi connectivity index (χ0n) is 9.02. The van der Waals surface area contributed by atoms with Crippen LogP contribution >= 0.6 is 11.6 Å². The normalized spacial score (nSPS) is 15.4. The van der Waals surface area contributed by atoms with Gasteiger partial charge in [-0.05, 0) is 12.8 Å². The Bertz CT molecular complexity index is 537. The lowest BCUT2D eigenvalue weighted by Crippen LogP contribution is -2.21. The molecule has 0 unspecified atom stereocenters. The number of aromatic nitrogens is 2. The maximum absolute atomic E-state index is 6.04. The van der Waals surface area contributed by atoms with Gasteiger partial charge in [-0.2, -0.15) is 0 Å². The van der Waals surface area contributed by atoms with Crippen molar-refractivity contribution in [3.05, 3.63) is 29.4 Å². The van der Waals surface area contributed by atoms with Gasteiger partial charge in [0.15, 0.2) is 11.0 Å². The Hall–Kier alpha value is -1.35. The predicted octanol–water partition coefficient (Wildman–Crippen LogP) is 2.88. The van der Waals surface area contributed by atoms with Crippen LogP contribution in [0.4, 0.5) is 5.82 Å². The average Bonchev–Trinajstić information content (AvgIpc) is 3.13. The number of anilines is 1. The Kier molecular flexibility index (Phi) is 2.21. The van der Waals surface area contributed by atoms with Crippen molar-refractivity contribution >= 4 is 28.2 Å². The highest BCUT2D eigenvalue weighted by atomic mass is 35.5. The summed E-state index contributed by atoms with van der Waals surface area (Å²) < 4.78 is 0. The average molecular weight is 234 g/mol. The van der Waals surface area contributed by atoms with Gasteiger partial charge in [-0.25, -0.2) is 0 Å². The largest absolute Gasteiger partial charge is 0.355 e. The van der Waals surface area contributed by atoms with Crippen molar-refractivity contribution in [1.82, 2.24) is 10.2 Å². The highest BCUT2D eigenvalue weighted by Crippen LogP contribution is 2.34. The Balaban J connectivity index is 2.20. The number of hydrogen-bond donors (Lipinski definition) is 0. The molecule has 0 saturated heterocycles. The summed E-state index contributed by atoms with van der Waals surface area (Å²) in [4.78, 5) is 2.20. The summed E-state index contributed by atoms with van der Waals surface area (Å²) in [6.45, 7) is 0. The van der Waals surface area contributed by atoms with Crippen molar-refractivity contribution in [3.8, 4) is 0 Å². The van der Waals surface area contributed by atoms with Crippen molar-refractivity contribution in [2.75, 3.05) is 11.9 Å². The molecule has 0 aliphatic heterocycles. The zero-order chi connectivity index (χ0) is 11.1. The van der Waals surface area contributed by atoms with E-state index in [-0.39, 0.29) is 0 Å². The molecular weight excluding hydrogens is 222 g/mol. The highest BCUT2D eigenvalue weighted by molar-refractivity contribution is 6.34. The summed E-state index contributed by atoms with van der Waals surface area (Å²) in [5.41, 5.74) is 0. The fourth-order valence-corrected chi connectivity index (χ4v) is 2.15. The molecule has 0 amide bonds. The smallest absolute Gasteiger partial charge is 0.159 e. The van der Waals surface area contributed by atoms with Gasteiger partial charge in [0.1, 0.15) is 0 Å². The molecule has 2 aromatic rings. The Morgan fingerprint density at radius 3 is 2.56 bits per heavy atom. The van der Waals surface area contributed by atoms with Crippen LogP contribution in [-0.2, 0) is 0 Å². The van der Waals surface area contributed by atoms with Gasteiger partial charge in [-0.15, -0.1) is 10.2 Å². The number of rotatable bonds is 2. The van der Waals surface area contributed by atoms with Crippen LogP contribution in [0, 0.1) is 0 Å². The van der Waals surface area contributed by atoms with Crippen molar-refractivity contribution in [1.29, 1.82) is 0 Å². The molecule has 1 fully saturated rings. The highest BCUT2D eigenvalue weighted by Gasteiger charge is 2.28. The van der Waals surface area contributed by atoms with E-state index in [0.29, 0.717) is 11.2 Å². The monoisotopic (exact) mass is 233 g/mol. The summed E-state index contributed by atoms with van der Waals surface area (Å²) in [5, 5.41) is 10.8. The van der Waals surface area contributed by atoms with E-state index in [2.05, 4.69) is 22.1 Å². The van der Waals surface area contributed by atoms with E-state index in [0.717, 1.165) is 16.6 Å². The molecule has 82 valence electrons. The van der Waals surface area contributed by atoms with Gasteiger partial charge in [0.05, 0.1) is 0 Å². The Morgan fingerprint density at radius 1 is 1.19 bits per heavy atom. The van der Waals surface area contributed by atoms with E-state index in [1.807, 2.05) is 24.3 Å². The van der Waals surface area contributed by atoms with Crippen LogP contribution < -0.4 is 4.90 Å². The first-order valence-corrected chi connectivity index (χ1v) is 5.79. The standard InChI is InChI=1S/C12H12ClN3/c1-16(8-6-7-8)12-10-5-3-2-4-9(10)11(13)14-15-12/h2-5,8H,6-7H2,1H3. The van der Waals surface area contributed by atoms with Crippen molar-refractivity contribution in [2.45, 2.75) is 18.9 Å². The molecule has 4 heteroatoms. The first kappa shape index (κ1) is 9.85. The van der Waals surface area contributed by atoms with E-state index in [9.17, 15) is 0 Å². The Labute approximate surface area is 99.0 Å². The first-order chi connectivity index (χ1) is 7.77. The molecule has 1 aliphatic rings. The molecule has 3 rings (SSSR count). The van der Waals surface area contributed by atoms with E-state index < -0.39 is 0 Å². The number of fused-ring (bicyclic) bond motifs is 1. The number of hydrogen-bond acceptors (Lipinski definition) is 3. The second-order valence-corrected chi connectivity index (χ2v) is 4.56. The zero-order valence-corrected chi connectivity index (χ0v) is 9.78.